The Morgan fingerprint density at radius 1 is 1.35 bits per heavy atom. The molecule has 94 valence electrons. The average Bonchev–Trinajstić information content (AvgIpc) is 2.37. The highest BCUT2D eigenvalue weighted by atomic mass is 79.9. The number of alkyl halides is 1. The van der Waals surface area contributed by atoms with E-state index in [0.717, 1.165) is 23.5 Å². The van der Waals surface area contributed by atoms with Crippen LogP contribution in [0, 0.1) is 6.92 Å². The van der Waals surface area contributed by atoms with Crippen LogP contribution < -0.4 is 4.90 Å². The van der Waals surface area contributed by atoms with Gasteiger partial charge in [-0.3, -0.25) is 0 Å². The Labute approximate surface area is 112 Å². The Morgan fingerprint density at radius 2 is 2.12 bits per heavy atom. The molecule has 0 aromatic carbocycles. The van der Waals surface area contributed by atoms with Crippen LogP contribution in [0.4, 0.5) is 5.95 Å². The smallest absolute Gasteiger partial charge is 0.225 e. The van der Waals surface area contributed by atoms with Gasteiger partial charge in [0.05, 0.1) is 0 Å². The zero-order chi connectivity index (χ0) is 12.1. The molecule has 3 nitrogen and oxygen atoms in total. The maximum Gasteiger partial charge on any atom is 0.225 e. The van der Waals surface area contributed by atoms with E-state index in [0.29, 0.717) is 6.04 Å². The highest BCUT2D eigenvalue weighted by Crippen LogP contribution is 2.25. The van der Waals surface area contributed by atoms with Crippen molar-refractivity contribution < 1.29 is 0 Å². The minimum absolute atomic E-state index is 0.628. The molecule has 0 saturated heterocycles. The van der Waals surface area contributed by atoms with Gasteiger partial charge < -0.3 is 4.90 Å². The van der Waals surface area contributed by atoms with E-state index < -0.39 is 0 Å². The predicted octanol–water partition coefficient (Wildman–Crippen LogP) is 3.32. The van der Waals surface area contributed by atoms with Crippen LogP contribution in [0.3, 0.4) is 0 Å². The van der Waals surface area contributed by atoms with Crippen molar-refractivity contribution in [2.75, 3.05) is 16.8 Å². The fourth-order valence-corrected chi connectivity index (χ4v) is 2.89. The quantitative estimate of drug-likeness (QED) is 0.799. The fourth-order valence-electron chi connectivity index (χ4n) is 2.50. The van der Waals surface area contributed by atoms with Gasteiger partial charge in [-0.05, 0) is 25.8 Å². The van der Waals surface area contributed by atoms with E-state index in [2.05, 4.69) is 30.8 Å². The van der Waals surface area contributed by atoms with E-state index in [9.17, 15) is 0 Å². The monoisotopic (exact) mass is 297 g/mol. The van der Waals surface area contributed by atoms with E-state index in [1.54, 1.807) is 0 Å². The summed E-state index contributed by atoms with van der Waals surface area (Å²) >= 11 is 3.54. The Bertz CT molecular complexity index is 350. The largest absolute Gasteiger partial charge is 0.337 e. The van der Waals surface area contributed by atoms with Crippen molar-refractivity contribution in [1.82, 2.24) is 9.97 Å². The number of hydrogen-bond donors (Lipinski definition) is 0. The summed E-state index contributed by atoms with van der Waals surface area (Å²) in [6.07, 6.45) is 8.49. The standard InChI is InChI=1S/C13H20BrN3/c1-11-7-9-15-13(16-11)17(10-8-14)12-5-3-2-4-6-12/h7,9,12H,2-6,8,10H2,1H3. The van der Waals surface area contributed by atoms with Crippen molar-refractivity contribution in [3.05, 3.63) is 18.0 Å². The summed E-state index contributed by atoms with van der Waals surface area (Å²) in [6, 6.07) is 2.58. The molecule has 0 radical (unpaired) electrons. The molecule has 1 aromatic heterocycles. The van der Waals surface area contributed by atoms with Gasteiger partial charge in [0.1, 0.15) is 0 Å². The molecule has 1 fully saturated rings. The fraction of sp³-hybridized carbons (Fsp3) is 0.692. The SMILES string of the molecule is Cc1ccnc(N(CCBr)C2CCCCC2)n1. The van der Waals surface area contributed by atoms with Crippen molar-refractivity contribution in [2.45, 2.75) is 45.1 Å². The third-order valence-corrected chi connectivity index (χ3v) is 3.73. The van der Waals surface area contributed by atoms with E-state index >= 15 is 0 Å². The Morgan fingerprint density at radius 3 is 2.76 bits per heavy atom. The summed E-state index contributed by atoms with van der Waals surface area (Å²) < 4.78 is 0. The molecule has 2 rings (SSSR count). The highest BCUT2D eigenvalue weighted by molar-refractivity contribution is 9.09. The molecule has 17 heavy (non-hydrogen) atoms. The summed E-state index contributed by atoms with van der Waals surface area (Å²) in [5.74, 6) is 0.899. The van der Waals surface area contributed by atoms with Gasteiger partial charge in [-0.1, -0.05) is 35.2 Å². The highest BCUT2D eigenvalue weighted by Gasteiger charge is 2.22. The molecule has 0 spiro atoms. The molecule has 4 heteroatoms. The van der Waals surface area contributed by atoms with Crippen LogP contribution in [0.15, 0.2) is 12.3 Å². The Kier molecular flexibility index (Phi) is 4.77. The average molecular weight is 298 g/mol. The predicted molar refractivity (Wildman–Crippen MR) is 74.8 cm³/mol. The molecule has 1 aromatic rings. The van der Waals surface area contributed by atoms with Crippen LogP contribution in [-0.4, -0.2) is 27.9 Å². The lowest BCUT2D eigenvalue weighted by Gasteiger charge is -2.34. The summed E-state index contributed by atoms with van der Waals surface area (Å²) in [6.45, 7) is 3.02. The van der Waals surface area contributed by atoms with E-state index in [4.69, 9.17) is 0 Å². The zero-order valence-corrected chi connectivity index (χ0v) is 12.0. The molecule has 0 amide bonds. The van der Waals surface area contributed by atoms with Crippen LogP contribution in [0.25, 0.3) is 0 Å². The second-order valence-corrected chi connectivity index (χ2v) is 5.47. The first kappa shape index (κ1) is 12.8. The first-order chi connectivity index (χ1) is 8.31. The van der Waals surface area contributed by atoms with Gasteiger partial charge in [0.15, 0.2) is 0 Å². The molecule has 1 heterocycles. The summed E-state index contributed by atoms with van der Waals surface area (Å²) in [5.41, 5.74) is 1.05. The van der Waals surface area contributed by atoms with Crippen molar-refractivity contribution in [3.8, 4) is 0 Å². The summed E-state index contributed by atoms with van der Waals surface area (Å²) in [5, 5.41) is 0.973. The maximum absolute atomic E-state index is 4.56. The van der Waals surface area contributed by atoms with E-state index in [1.165, 1.54) is 32.1 Å². The van der Waals surface area contributed by atoms with Crippen LogP contribution in [0.2, 0.25) is 0 Å². The van der Waals surface area contributed by atoms with E-state index in [1.807, 2.05) is 19.2 Å². The maximum atomic E-state index is 4.56. The zero-order valence-electron chi connectivity index (χ0n) is 10.4. The van der Waals surface area contributed by atoms with Crippen molar-refractivity contribution in [2.24, 2.45) is 0 Å². The molecule has 0 unspecified atom stereocenters. The lowest BCUT2D eigenvalue weighted by molar-refractivity contribution is 0.415. The molecular weight excluding hydrogens is 278 g/mol. The van der Waals surface area contributed by atoms with Gasteiger partial charge >= 0.3 is 0 Å². The molecule has 1 saturated carbocycles. The molecule has 0 N–H and O–H groups in total. The topological polar surface area (TPSA) is 29.0 Å². The minimum Gasteiger partial charge on any atom is -0.337 e. The number of anilines is 1. The minimum atomic E-state index is 0.628. The number of rotatable bonds is 4. The third kappa shape index (κ3) is 3.41. The van der Waals surface area contributed by atoms with Gasteiger partial charge in [-0.15, -0.1) is 0 Å². The van der Waals surface area contributed by atoms with Gasteiger partial charge in [0, 0.05) is 29.8 Å². The van der Waals surface area contributed by atoms with Crippen LogP contribution in [0.1, 0.15) is 37.8 Å². The third-order valence-electron chi connectivity index (χ3n) is 3.38. The first-order valence-electron chi connectivity index (χ1n) is 6.43. The van der Waals surface area contributed by atoms with Crippen LogP contribution >= 0.6 is 15.9 Å². The lowest BCUT2D eigenvalue weighted by atomic mass is 9.94. The summed E-state index contributed by atoms with van der Waals surface area (Å²) in [4.78, 5) is 11.4. The first-order valence-corrected chi connectivity index (χ1v) is 7.55. The lowest BCUT2D eigenvalue weighted by Crippen LogP contribution is -2.39. The van der Waals surface area contributed by atoms with Gasteiger partial charge in [0.25, 0.3) is 0 Å². The van der Waals surface area contributed by atoms with E-state index in [-0.39, 0.29) is 0 Å². The van der Waals surface area contributed by atoms with Gasteiger partial charge in [-0.25, -0.2) is 9.97 Å². The number of nitrogens with zero attached hydrogens (tertiary/aromatic N) is 3. The van der Waals surface area contributed by atoms with Gasteiger partial charge in [-0.2, -0.15) is 0 Å². The Balaban J connectivity index is 2.15. The molecule has 0 atom stereocenters. The van der Waals surface area contributed by atoms with Crippen LogP contribution in [-0.2, 0) is 0 Å². The molecule has 1 aliphatic rings. The Hall–Kier alpha value is -0.640. The second-order valence-electron chi connectivity index (χ2n) is 4.67. The molecule has 0 aliphatic heterocycles. The van der Waals surface area contributed by atoms with Crippen molar-refractivity contribution in [3.63, 3.8) is 0 Å². The normalized spacial score (nSPS) is 17.1. The van der Waals surface area contributed by atoms with Crippen molar-refractivity contribution in [1.29, 1.82) is 0 Å². The molecule has 0 bridgehead atoms. The summed E-state index contributed by atoms with van der Waals surface area (Å²) in [7, 11) is 0. The number of aryl methyl sites for hydroxylation is 1. The molecular formula is C13H20BrN3. The van der Waals surface area contributed by atoms with Crippen LogP contribution in [0.5, 0.6) is 0 Å². The number of halogens is 1. The number of aromatic nitrogens is 2. The number of hydrogen-bond acceptors (Lipinski definition) is 3. The second kappa shape index (κ2) is 6.34. The van der Waals surface area contributed by atoms with Crippen molar-refractivity contribution >= 4 is 21.9 Å². The molecule has 1 aliphatic carbocycles. The van der Waals surface area contributed by atoms with Gasteiger partial charge in [0.2, 0.25) is 5.95 Å².